The van der Waals surface area contributed by atoms with Crippen molar-refractivity contribution in [2.24, 2.45) is 0 Å². The Morgan fingerprint density at radius 1 is 1.28 bits per heavy atom. The highest BCUT2D eigenvalue weighted by atomic mass is 35.5. The van der Waals surface area contributed by atoms with Crippen LogP contribution in [0.2, 0.25) is 5.02 Å². The molecule has 2 aromatic carbocycles. The first kappa shape index (κ1) is 19.5. The number of nitrogens with one attached hydrogen (secondary N) is 1. The van der Waals surface area contributed by atoms with E-state index in [-0.39, 0.29) is 11.9 Å². The molecule has 1 aromatic heterocycles. The number of hydrogen-bond acceptors (Lipinski definition) is 4. The molecule has 150 valence electrons. The van der Waals surface area contributed by atoms with Crippen LogP contribution in [0.4, 0.5) is 10.5 Å². The van der Waals surface area contributed by atoms with Crippen LogP contribution in [0.25, 0.3) is 11.4 Å². The van der Waals surface area contributed by atoms with Crippen LogP contribution in [-0.4, -0.2) is 34.2 Å². The number of hydrogen-bond donors (Lipinski definition) is 1. The first-order valence-corrected chi connectivity index (χ1v) is 10.2. The number of halogens is 1. The summed E-state index contributed by atoms with van der Waals surface area (Å²) in [4.78, 5) is 19.1. The zero-order valence-corrected chi connectivity index (χ0v) is 17.0. The molecule has 0 radical (unpaired) electrons. The van der Waals surface area contributed by atoms with Gasteiger partial charge in [-0.25, -0.2) is 4.79 Å². The molecule has 1 unspecified atom stereocenters. The summed E-state index contributed by atoms with van der Waals surface area (Å²) in [6.45, 7) is 3.36. The molecule has 1 aliphatic heterocycles. The highest BCUT2D eigenvalue weighted by molar-refractivity contribution is 6.30. The number of aromatic nitrogens is 2. The Balaban J connectivity index is 1.43. The number of piperidine rings is 1. The van der Waals surface area contributed by atoms with Crippen LogP contribution in [0.1, 0.15) is 37.1 Å². The van der Waals surface area contributed by atoms with E-state index < -0.39 is 0 Å². The minimum atomic E-state index is -0.0995. The van der Waals surface area contributed by atoms with E-state index in [1.54, 1.807) is 12.1 Å². The number of likely N-dealkylation sites (tertiary alicyclic amines) is 1. The standard InChI is InChI=1S/C22H23ClN4O2/c1-2-15-6-3-10-19(12-15)24-22(28)27-11-5-8-17(14-27)21-25-20(26-29-21)16-7-4-9-18(23)13-16/h3-4,6-7,9-10,12-13,17H,2,5,8,11,14H2,1H3,(H,24,28). The van der Waals surface area contributed by atoms with Crippen LogP contribution < -0.4 is 5.32 Å². The lowest BCUT2D eigenvalue weighted by atomic mass is 9.98. The maximum absolute atomic E-state index is 12.7. The maximum Gasteiger partial charge on any atom is 0.321 e. The number of urea groups is 1. The van der Waals surface area contributed by atoms with Crippen LogP contribution in [0.3, 0.4) is 0 Å². The molecular weight excluding hydrogens is 388 g/mol. The van der Waals surface area contributed by atoms with E-state index in [0.29, 0.717) is 29.8 Å². The predicted octanol–water partition coefficient (Wildman–Crippen LogP) is 5.36. The summed E-state index contributed by atoms with van der Waals surface area (Å²) in [5.41, 5.74) is 2.82. The minimum Gasteiger partial charge on any atom is -0.339 e. The summed E-state index contributed by atoms with van der Waals surface area (Å²) in [6.07, 6.45) is 2.73. The Hall–Kier alpha value is -2.86. The second kappa shape index (κ2) is 8.66. The van der Waals surface area contributed by atoms with E-state index in [1.807, 2.05) is 35.2 Å². The number of amides is 2. The molecule has 1 N–H and O–H groups in total. The van der Waals surface area contributed by atoms with E-state index in [1.165, 1.54) is 5.56 Å². The van der Waals surface area contributed by atoms with Crippen LogP contribution in [0.15, 0.2) is 53.1 Å². The van der Waals surface area contributed by atoms with Crippen LogP contribution in [0, 0.1) is 0 Å². The highest BCUT2D eigenvalue weighted by Crippen LogP contribution is 2.28. The quantitative estimate of drug-likeness (QED) is 0.628. The SMILES string of the molecule is CCc1cccc(NC(=O)N2CCCC(c3nc(-c4cccc(Cl)c4)no3)C2)c1. The second-order valence-corrected chi connectivity index (χ2v) is 7.67. The van der Waals surface area contributed by atoms with Gasteiger partial charge < -0.3 is 14.7 Å². The van der Waals surface area contributed by atoms with Gasteiger partial charge in [0.1, 0.15) is 0 Å². The molecule has 0 aliphatic carbocycles. The topological polar surface area (TPSA) is 71.3 Å². The maximum atomic E-state index is 12.7. The zero-order chi connectivity index (χ0) is 20.2. The third-order valence-electron chi connectivity index (χ3n) is 5.17. The average molecular weight is 411 g/mol. The van der Waals surface area contributed by atoms with Crippen LogP contribution in [0.5, 0.6) is 0 Å². The van der Waals surface area contributed by atoms with Gasteiger partial charge >= 0.3 is 6.03 Å². The Labute approximate surface area is 174 Å². The minimum absolute atomic E-state index is 0.0249. The molecule has 1 fully saturated rings. The van der Waals surface area contributed by atoms with E-state index in [0.717, 1.165) is 30.5 Å². The Morgan fingerprint density at radius 3 is 2.97 bits per heavy atom. The molecule has 0 saturated carbocycles. The first-order chi connectivity index (χ1) is 14.1. The Bertz CT molecular complexity index is 1000. The van der Waals surface area contributed by atoms with Gasteiger partial charge in [0.2, 0.25) is 11.7 Å². The van der Waals surface area contributed by atoms with E-state index >= 15 is 0 Å². The fourth-order valence-electron chi connectivity index (χ4n) is 3.58. The summed E-state index contributed by atoms with van der Waals surface area (Å²) in [5, 5.41) is 7.72. The largest absolute Gasteiger partial charge is 0.339 e. The van der Waals surface area contributed by atoms with E-state index in [4.69, 9.17) is 16.1 Å². The van der Waals surface area contributed by atoms with Gasteiger partial charge in [-0.15, -0.1) is 0 Å². The molecule has 4 rings (SSSR count). The van der Waals surface area contributed by atoms with Crippen molar-refractivity contribution in [2.45, 2.75) is 32.1 Å². The number of nitrogens with zero attached hydrogens (tertiary/aromatic N) is 3. The van der Waals surface area contributed by atoms with Crippen LogP contribution in [-0.2, 0) is 6.42 Å². The van der Waals surface area contributed by atoms with Crippen LogP contribution >= 0.6 is 11.6 Å². The molecule has 0 bridgehead atoms. The molecule has 0 spiro atoms. The molecule has 3 aromatic rings. The number of benzene rings is 2. The highest BCUT2D eigenvalue weighted by Gasteiger charge is 2.29. The van der Waals surface area contributed by atoms with Crippen molar-refractivity contribution in [2.75, 3.05) is 18.4 Å². The zero-order valence-electron chi connectivity index (χ0n) is 16.3. The van der Waals surface area contributed by atoms with Gasteiger partial charge in [0, 0.05) is 29.4 Å². The number of carbonyl (C=O) groups is 1. The monoisotopic (exact) mass is 410 g/mol. The van der Waals surface area contributed by atoms with Crippen molar-refractivity contribution in [3.63, 3.8) is 0 Å². The van der Waals surface area contributed by atoms with Crippen molar-refractivity contribution in [1.29, 1.82) is 0 Å². The Kier molecular flexibility index (Phi) is 5.81. The number of carbonyl (C=O) groups excluding carboxylic acids is 1. The second-order valence-electron chi connectivity index (χ2n) is 7.24. The number of aryl methyl sites for hydroxylation is 1. The molecule has 2 amide bonds. The molecule has 2 heterocycles. The van der Waals surface area contributed by atoms with E-state index in [2.05, 4.69) is 28.4 Å². The van der Waals surface area contributed by atoms with Gasteiger partial charge in [0.25, 0.3) is 0 Å². The fraction of sp³-hybridized carbons (Fsp3) is 0.318. The summed E-state index contributed by atoms with van der Waals surface area (Å²) < 4.78 is 5.51. The first-order valence-electron chi connectivity index (χ1n) is 9.87. The van der Waals surface area contributed by atoms with Gasteiger partial charge in [0.15, 0.2) is 0 Å². The molecule has 7 heteroatoms. The summed E-state index contributed by atoms with van der Waals surface area (Å²) >= 11 is 6.05. The lowest BCUT2D eigenvalue weighted by Crippen LogP contribution is -2.41. The lowest BCUT2D eigenvalue weighted by Gasteiger charge is -2.31. The Morgan fingerprint density at radius 2 is 2.14 bits per heavy atom. The van der Waals surface area contributed by atoms with Crippen molar-refractivity contribution in [3.8, 4) is 11.4 Å². The predicted molar refractivity (Wildman–Crippen MR) is 113 cm³/mol. The molecule has 1 atom stereocenters. The molecule has 1 aliphatic rings. The smallest absolute Gasteiger partial charge is 0.321 e. The van der Waals surface area contributed by atoms with Gasteiger partial charge in [-0.05, 0) is 49.1 Å². The van der Waals surface area contributed by atoms with Crippen molar-refractivity contribution in [1.82, 2.24) is 15.0 Å². The molecule has 29 heavy (non-hydrogen) atoms. The average Bonchev–Trinajstić information content (AvgIpc) is 3.24. The summed E-state index contributed by atoms with van der Waals surface area (Å²) in [5.74, 6) is 1.10. The molecule has 6 nitrogen and oxygen atoms in total. The summed E-state index contributed by atoms with van der Waals surface area (Å²) in [7, 11) is 0. The molecular formula is C22H23ClN4O2. The van der Waals surface area contributed by atoms with Gasteiger partial charge in [0.05, 0.1) is 5.92 Å². The van der Waals surface area contributed by atoms with Crippen molar-refractivity contribution in [3.05, 3.63) is 65.0 Å². The molecule has 1 saturated heterocycles. The number of rotatable bonds is 4. The van der Waals surface area contributed by atoms with E-state index in [9.17, 15) is 4.79 Å². The third kappa shape index (κ3) is 4.59. The fourth-order valence-corrected chi connectivity index (χ4v) is 3.77. The lowest BCUT2D eigenvalue weighted by molar-refractivity contribution is 0.184. The number of anilines is 1. The van der Waals surface area contributed by atoms with Crippen molar-refractivity contribution >= 4 is 23.3 Å². The van der Waals surface area contributed by atoms with Gasteiger partial charge in [-0.3, -0.25) is 0 Å². The third-order valence-corrected chi connectivity index (χ3v) is 5.40. The summed E-state index contributed by atoms with van der Waals surface area (Å²) in [6, 6.07) is 15.2. The van der Waals surface area contributed by atoms with Gasteiger partial charge in [-0.1, -0.05) is 47.9 Å². The van der Waals surface area contributed by atoms with Gasteiger partial charge in [-0.2, -0.15) is 4.98 Å². The van der Waals surface area contributed by atoms with Crippen molar-refractivity contribution < 1.29 is 9.32 Å². The normalized spacial score (nSPS) is 16.6.